The number of benzene rings is 2. The fraction of sp³-hybridized carbons (Fsp3) is 0.448. The van der Waals surface area contributed by atoms with Gasteiger partial charge in [0.2, 0.25) is 17.7 Å². The molecule has 2 aromatic rings. The van der Waals surface area contributed by atoms with Gasteiger partial charge in [-0.2, -0.15) is 0 Å². The van der Waals surface area contributed by atoms with Crippen molar-refractivity contribution in [2.45, 2.75) is 71.1 Å². The van der Waals surface area contributed by atoms with Crippen LogP contribution in [0.2, 0.25) is 0 Å². The van der Waals surface area contributed by atoms with Gasteiger partial charge < -0.3 is 31.9 Å². The van der Waals surface area contributed by atoms with Crippen LogP contribution < -0.4 is 21.7 Å². The average Bonchev–Trinajstić information content (AvgIpc) is 2.87. The zero-order valence-electron chi connectivity index (χ0n) is 22.9. The maximum absolute atomic E-state index is 13.4. The Hall–Kier alpha value is -3.92. The number of aliphatic carboxylic acids is 1. The summed E-state index contributed by atoms with van der Waals surface area (Å²) in [5.41, 5.74) is 7.62. The lowest BCUT2D eigenvalue weighted by Crippen LogP contribution is -2.58. The van der Waals surface area contributed by atoms with Crippen LogP contribution in [0.3, 0.4) is 0 Å². The third-order valence-corrected chi connectivity index (χ3v) is 6.21. The molecule has 0 spiro atoms. The Kier molecular flexibility index (Phi) is 11.9. The van der Waals surface area contributed by atoms with Crippen molar-refractivity contribution >= 4 is 23.7 Å². The van der Waals surface area contributed by atoms with E-state index >= 15 is 0 Å². The molecular formula is C29H40N4O6. The molecule has 7 N–H and O–H groups in total. The van der Waals surface area contributed by atoms with Crippen LogP contribution in [0.1, 0.15) is 45.2 Å². The van der Waals surface area contributed by atoms with Crippen molar-refractivity contribution < 1.29 is 29.4 Å². The smallest absolute Gasteiger partial charge is 0.326 e. The lowest BCUT2D eigenvalue weighted by Gasteiger charge is -2.27. The number of carbonyl (C=O) groups is 4. The Morgan fingerprint density at radius 3 is 1.82 bits per heavy atom. The number of phenolic OH excluding ortho intramolecular Hbond substituents is 1. The van der Waals surface area contributed by atoms with E-state index in [0.29, 0.717) is 6.42 Å². The third-order valence-electron chi connectivity index (χ3n) is 6.21. The van der Waals surface area contributed by atoms with Gasteiger partial charge in [0.1, 0.15) is 23.9 Å². The molecule has 0 aromatic heterocycles. The molecule has 0 heterocycles. The van der Waals surface area contributed by atoms with Crippen LogP contribution >= 0.6 is 0 Å². The Morgan fingerprint density at radius 2 is 1.28 bits per heavy atom. The van der Waals surface area contributed by atoms with Crippen LogP contribution in [0.25, 0.3) is 0 Å². The number of aromatic hydroxyl groups is 1. The highest BCUT2D eigenvalue weighted by atomic mass is 16.4. The number of carboxylic acids is 1. The van der Waals surface area contributed by atoms with Gasteiger partial charge in [-0.1, -0.05) is 70.2 Å². The quantitative estimate of drug-likeness (QED) is 0.212. The lowest BCUT2D eigenvalue weighted by molar-refractivity contribution is -0.143. The predicted molar refractivity (Wildman–Crippen MR) is 148 cm³/mol. The molecule has 4 unspecified atom stereocenters. The molecule has 0 aliphatic heterocycles. The fourth-order valence-electron chi connectivity index (χ4n) is 4.06. The molecule has 0 aliphatic rings. The minimum absolute atomic E-state index is 0.0353. The van der Waals surface area contributed by atoms with Gasteiger partial charge in [0, 0.05) is 6.42 Å². The molecule has 2 rings (SSSR count). The number of phenols is 1. The number of nitrogens with two attached hydrogens (primary N) is 1. The summed E-state index contributed by atoms with van der Waals surface area (Å²) in [4.78, 5) is 51.2. The van der Waals surface area contributed by atoms with Gasteiger partial charge in [0.15, 0.2) is 0 Å². The van der Waals surface area contributed by atoms with Crippen molar-refractivity contribution in [1.82, 2.24) is 16.0 Å². The first-order chi connectivity index (χ1) is 18.4. The summed E-state index contributed by atoms with van der Waals surface area (Å²) in [6, 6.07) is 11.3. The van der Waals surface area contributed by atoms with Crippen LogP contribution in [0.5, 0.6) is 5.75 Å². The number of hydrogen-bond donors (Lipinski definition) is 6. The number of hydrogen-bond acceptors (Lipinski definition) is 6. The van der Waals surface area contributed by atoms with Crippen molar-refractivity contribution in [3.8, 4) is 5.75 Å². The molecule has 0 radical (unpaired) electrons. The Bertz CT molecular complexity index is 1100. The molecule has 0 saturated carbocycles. The van der Waals surface area contributed by atoms with Crippen LogP contribution in [0.15, 0.2) is 54.6 Å². The third kappa shape index (κ3) is 10.4. The van der Waals surface area contributed by atoms with Crippen molar-refractivity contribution in [3.05, 3.63) is 65.7 Å². The highest BCUT2D eigenvalue weighted by molar-refractivity contribution is 5.94. The van der Waals surface area contributed by atoms with Gasteiger partial charge in [-0.15, -0.1) is 0 Å². The van der Waals surface area contributed by atoms with E-state index in [2.05, 4.69) is 16.0 Å². The summed E-state index contributed by atoms with van der Waals surface area (Å²) in [7, 11) is 0. The van der Waals surface area contributed by atoms with E-state index < -0.39 is 47.9 Å². The predicted octanol–water partition coefficient (Wildman–Crippen LogP) is 1.75. The summed E-state index contributed by atoms with van der Waals surface area (Å²) in [6.45, 7) is 7.16. The van der Waals surface area contributed by atoms with E-state index in [1.807, 2.05) is 19.9 Å². The van der Waals surface area contributed by atoms with Crippen LogP contribution in [0.4, 0.5) is 0 Å². The minimum Gasteiger partial charge on any atom is -0.508 e. The van der Waals surface area contributed by atoms with Crippen LogP contribution in [0, 0.1) is 11.8 Å². The molecule has 2 aromatic carbocycles. The summed E-state index contributed by atoms with van der Waals surface area (Å²) < 4.78 is 0. The molecule has 0 saturated heterocycles. The number of rotatable bonds is 14. The van der Waals surface area contributed by atoms with Crippen molar-refractivity contribution in [3.63, 3.8) is 0 Å². The zero-order valence-corrected chi connectivity index (χ0v) is 22.9. The highest BCUT2D eigenvalue weighted by Gasteiger charge is 2.31. The molecule has 0 aliphatic carbocycles. The van der Waals surface area contributed by atoms with Crippen LogP contribution in [-0.4, -0.2) is 58.1 Å². The molecule has 3 amide bonds. The zero-order chi connectivity index (χ0) is 29.1. The first-order valence-electron chi connectivity index (χ1n) is 13.1. The molecule has 0 fully saturated rings. The number of carbonyl (C=O) groups excluding carboxylic acids is 3. The minimum atomic E-state index is -1.17. The van der Waals surface area contributed by atoms with Crippen molar-refractivity contribution in [2.24, 2.45) is 17.6 Å². The van der Waals surface area contributed by atoms with Crippen molar-refractivity contribution in [1.29, 1.82) is 0 Å². The monoisotopic (exact) mass is 540 g/mol. The summed E-state index contributed by atoms with van der Waals surface area (Å²) in [6.07, 6.45) is 0.630. The van der Waals surface area contributed by atoms with E-state index in [0.717, 1.165) is 11.1 Å². The second kappa shape index (κ2) is 14.9. The second-order valence-corrected chi connectivity index (χ2v) is 10.5. The van der Waals surface area contributed by atoms with E-state index in [4.69, 9.17) is 5.73 Å². The largest absolute Gasteiger partial charge is 0.508 e. The fourth-order valence-corrected chi connectivity index (χ4v) is 4.06. The second-order valence-electron chi connectivity index (χ2n) is 10.5. The Balaban J connectivity index is 2.19. The molecule has 4 atom stereocenters. The standard InChI is InChI=1S/C29H40N4O6/c1-17(2)14-23(31-26(35)22(30)15-20-10-12-21(34)13-11-20)27(36)32-24(16-19-8-6-5-7-9-19)28(37)33-25(18(3)4)29(38)39/h5-13,17-18,22-25,34H,14-16,30H2,1-4H3,(H,31,35)(H,32,36)(H,33,37)(H,38,39). The number of carboxylic acid groups (broad SMARTS) is 1. The maximum atomic E-state index is 13.4. The molecule has 39 heavy (non-hydrogen) atoms. The number of nitrogens with one attached hydrogen (secondary N) is 3. The van der Waals surface area contributed by atoms with Gasteiger partial charge in [0.05, 0.1) is 6.04 Å². The summed E-state index contributed by atoms with van der Waals surface area (Å²) in [5.74, 6) is -3.14. The van der Waals surface area contributed by atoms with Crippen LogP contribution in [-0.2, 0) is 32.0 Å². The Morgan fingerprint density at radius 1 is 0.744 bits per heavy atom. The van der Waals surface area contributed by atoms with E-state index in [9.17, 15) is 29.4 Å². The summed E-state index contributed by atoms with van der Waals surface area (Å²) >= 11 is 0. The first-order valence-corrected chi connectivity index (χ1v) is 13.1. The van der Waals surface area contributed by atoms with E-state index in [-0.39, 0.29) is 30.4 Å². The molecule has 0 bridgehead atoms. The topological polar surface area (TPSA) is 171 Å². The summed E-state index contributed by atoms with van der Waals surface area (Å²) in [5, 5.41) is 27.0. The van der Waals surface area contributed by atoms with Gasteiger partial charge in [-0.05, 0) is 47.9 Å². The SMILES string of the molecule is CC(C)CC(NC(=O)C(N)Cc1ccc(O)cc1)C(=O)NC(Cc1ccccc1)C(=O)NC(C(=O)O)C(C)C. The average molecular weight is 541 g/mol. The van der Waals surface area contributed by atoms with E-state index in [1.54, 1.807) is 50.2 Å². The molecule has 212 valence electrons. The molecule has 10 heteroatoms. The Labute approximate surface area is 229 Å². The van der Waals surface area contributed by atoms with Gasteiger partial charge in [0.25, 0.3) is 0 Å². The normalized spacial score (nSPS) is 14.2. The number of amides is 3. The highest BCUT2D eigenvalue weighted by Crippen LogP contribution is 2.12. The molecule has 10 nitrogen and oxygen atoms in total. The van der Waals surface area contributed by atoms with Gasteiger partial charge in [-0.3, -0.25) is 14.4 Å². The molecular weight excluding hydrogens is 500 g/mol. The lowest BCUT2D eigenvalue weighted by atomic mass is 9.99. The maximum Gasteiger partial charge on any atom is 0.326 e. The van der Waals surface area contributed by atoms with Gasteiger partial charge >= 0.3 is 5.97 Å². The first kappa shape index (κ1) is 31.3. The van der Waals surface area contributed by atoms with Crippen molar-refractivity contribution in [2.75, 3.05) is 0 Å². The van der Waals surface area contributed by atoms with Gasteiger partial charge in [-0.25, -0.2) is 4.79 Å². The van der Waals surface area contributed by atoms with E-state index in [1.165, 1.54) is 12.1 Å².